The molecule has 2 heteroatoms. The number of hydrogen-bond donors (Lipinski definition) is 1. The van der Waals surface area contributed by atoms with Crippen molar-refractivity contribution in [2.45, 2.75) is 111 Å². The van der Waals surface area contributed by atoms with E-state index in [4.69, 9.17) is 0 Å². The van der Waals surface area contributed by atoms with Gasteiger partial charge < -0.3 is 5.11 Å². The van der Waals surface area contributed by atoms with Gasteiger partial charge in [0.2, 0.25) is 0 Å². The summed E-state index contributed by atoms with van der Waals surface area (Å²) in [4.78, 5) is 11.3. The Hall–Kier alpha value is -1.31. The fraction of sp³-hybridized carbons (Fsp3) is 0.731. The Labute approximate surface area is 173 Å². The molecule has 0 unspecified atom stereocenters. The monoisotopic (exact) mass is 386 g/mol. The molecular weight excluding hydrogens is 344 g/mol. The van der Waals surface area contributed by atoms with Crippen LogP contribution in [0.5, 0.6) is 0 Å². The highest BCUT2D eigenvalue weighted by atomic mass is 16.4. The second-order valence-electron chi connectivity index (χ2n) is 10.3. The van der Waals surface area contributed by atoms with E-state index in [1.54, 1.807) is 11.1 Å². The van der Waals surface area contributed by atoms with Crippen molar-refractivity contribution in [1.29, 1.82) is 0 Å². The summed E-state index contributed by atoms with van der Waals surface area (Å²) in [5.74, 6) is -0.573. The van der Waals surface area contributed by atoms with E-state index < -0.39 is 5.97 Å². The first-order chi connectivity index (χ1) is 13.2. The number of carboxylic acids is 1. The Morgan fingerprint density at radius 2 is 1.61 bits per heavy atom. The summed E-state index contributed by atoms with van der Waals surface area (Å²) in [6.07, 6.45) is 15.0. The predicted molar refractivity (Wildman–Crippen MR) is 119 cm³/mol. The molecule has 1 aliphatic rings. The third-order valence-electron chi connectivity index (χ3n) is 6.52. The summed E-state index contributed by atoms with van der Waals surface area (Å²) in [5.41, 5.74) is 4.64. The van der Waals surface area contributed by atoms with Crippen molar-refractivity contribution >= 4 is 5.97 Å². The molecule has 0 saturated heterocycles. The van der Waals surface area contributed by atoms with Gasteiger partial charge in [-0.05, 0) is 80.4 Å². The number of aryl methyl sites for hydroxylation is 2. The van der Waals surface area contributed by atoms with E-state index in [-0.39, 0.29) is 5.41 Å². The van der Waals surface area contributed by atoms with Gasteiger partial charge in [-0.25, -0.2) is 0 Å². The smallest absolute Gasteiger partial charge is 0.309 e. The van der Waals surface area contributed by atoms with Crippen LogP contribution in [0.2, 0.25) is 0 Å². The summed E-state index contributed by atoms with van der Waals surface area (Å²) in [7, 11) is 0. The quantitative estimate of drug-likeness (QED) is 0.356. The SMILES string of the molecule is Cc1cccc(CCCCCCC(C)(C)C)c1CCCCCC1(C(=O)O)CC1. The molecule has 0 amide bonds. The first-order valence-corrected chi connectivity index (χ1v) is 11.5. The van der Waals surface area contributed by atoms with E-state index in [2.05, 4.69) is 45.9 Å². The topological polar surface area (TPSA) is 37.3 Å². The van der Waals surface area contributed by atoms with Gasteiger partial charge in [-0.2, -0.15) is 0 Å². The summed E-state index contributed by atoms with van der Waals surface area (Å²) >= 11 is 0. The van der Waals surface area contributed by atoms with Crippen LogP contribution in [0, 0.1) is 17.8 Å². The van der Waals surface area contributed by atoms with Gasteiger partial charge in [-0.1, -0.05) is 71.1 Å². The fourth-order valence-electron chi connectivity index (χ4n) is 4.34. The molecular formula is C26H42O2. The summed E-state index contributed by atoms with van der Waals surface area (Å²) in [6, 6.07) is 6.77. The lowest BCUT2D eigenvalue weighted by Crippen LogP contribution is -2.14. The molecule has 0 spiro atoms. The molecule has 1 aliphatic carbocycles. The fourth-order valence-corrected chi connectivity index (χ4v) is 4.34. The zero-order chi connectivity index (χ0) is 20.6. The van der Waals surface area contributed by atoms with Crippen molar-refractivity contribution in [2.75, 3.05) is 0 Å². The average Bonchev–Trinajstić information content (AvgIpc) is 3.40. The maximum absolute atomic E-state index is 11.3. The number of rotatable bonds is 13. The average molecular weight is 387 g/mol. The Bertz CT molecular complexity index is 620. The van der Waals surface area contributed by atoms with Gasteiger partial charge in [0, 0.05) is 0 Å². The molecule has 0 aliphatic heterocycles. The van der Waals surface area contributed by atoms with Gasteiger partial charge in [0.1, 0.15) is 0 Å². The number of carbonyl (C=O) groups is 1. The molecule has 1 aromatic carbocycles. The Balaban J connectivity index is 1.69. The molecule has 1 saturated carbocycles. The highest BCUT2D eigenvalue weighted by Gasteiger charge is 2.49. The van der Waals surface area contributed by atoms with E-state index in [1.807, 2.05) is 0 Å². The Morgan fingerprint density at radius 3 is 2.25 bits per heavy atom. The summed E-state index contributed by atoms with van der Waals surface area (Å²) in [6.45, 7) is 9.24. The molecule has 0 heterocycles. The normalized spacial score (nSPS) is 15.6. The maximum Gasteiger partial charge on any atom is 0.309 e. The van der Waals surface area contributed by atoms with E-state index >= 15 is 0 Å². The highest BCUT2D eigenvalue weighted by Crippen LogP contribution is 2.50. The minimum absolute atomic E-state index is 0.346. The molecule has 2 nitrogen and oxygen atoms in total. The Morgan fingerprint density at radius 1 is 0.964 bits per heavy atom. The van der Waals surface area contributed by atoms with Gasteiger partial charge in [0.15, 0.2) is 0 Å². The molecule has 1 fully saturated rings. The van der Waals surface area contributed by atoms with Crippen LogP contribution < -0.4 is 0 Å². The van der Waals surface area contributed by atoms with Crippen LogP contribution in [0.1, 0.15) is 108 Å². The lowest BCUT2D eigenvalue weighted by atomic mass is 9.89. The minimum atomic E-state index is -0.573. The number of benzene rings is 1. The molecule has 0 atom stereocenters. The van der Waals surface area contributed by atoms with Gasteiger partial charge >= 0.3 is 5.97 Å². The van der Waals surface area contributed by atoms with Crippen LogP contribution in [-0.4, -0.2) is 11.1 Å². The molecule has 1 aromatic rings. The molecule has 158 valence electrons. The molecule has 0 aromatic heterocycles. The molecule has 0 bridgehead atoms. The maximum atomic E-state index is 11.3. The zero-order valence-electron chi connectivity index (χ0n) is 18.8. The zero-order valence-corrected chi connectivity index (χ0v) is 18.8. The number of aliphatic carboxylic acids is 1. The van der Waals surface area contributed by atoms with E-state index in [1.165, 1.54) is 50.5 Å². The van der Waals surface area contributed by atoms with Crippen LogP contribution in [0.3, 0.4) is 0 Å². The van der Waals surface area contributed by atoms with Crippen LogP contribution in [0.15, 0.2) is 18.2 Å². The molecule has 2 rings (SSSR count). The van der Waals surface area contributed by atoms with Crippen LogP contribution in [0.25, 0.3) is 0 Å². The van der Waals surface area contributed by atoms with Crippen LogP contribution >= 0.6 is 0 Å². The van der Waals surface area contributed by atoms with E-state index in [9.17, 15) is 9.90 Å². The summed E-state index contributed by atoms with van der Waals surface area (Å²) < 4.78 is 0. The second kappa shape index (κ2) is 10.5. The summed E-state index contributed by atoms with van der Waals surface area (Å²) in [5, 5.41) is 9.29. The minimum Gasteiger partial charge on any atom is -0.481 e. The van der Waals surface area contributed by atoms with Crippen LogP contribution in [-0.2, 0) is 17.6 Å². The van der Waals surface area contributed by atoms with E-state index in [0.717, 1.165) is 38.5 Å². The highest BCUT2D eigenvalue weighted by molar-refractivity contribution is 5.77. The van der Waals surface area contributed by atoms with Gasteiger partial charge in [0.05, 0.1) is 5.41 Å². The van der Waals surface area contributed by atoms with E-state index in [0.29, 0.717) is 5.41 Å². The lowest BCUT2D eigenvalue weighted by Gasteiger charge is -2.17. The number of carboxylic acid groups (broad SMARTS) is 1. The van der Waals surface area contributed by atoms with Crippen molar-refractivity contribution < 1.29 is 9.90 Å². The number of hydrogen-bond acceptors (Lipinski definition) is 1. The van der Waals surface area contributed by atoms with Gasteiger partial charge in [0.25, 0.3) is 0 Å². The van der Waals surface area contributed by atoms with Crippen molar-refractivity contribution in [3.05, 3.63) is 34.9 Å². The van der Waals surface area contributed by atoms with Crippen molar-refractivity contribution in [3.8, 4) is 0 Å². The predicted octanol–water partition coefficient (Wildman–Crippen LogP) is 7.50. The first kappa shape index (κ1) is 23.0. The largest absolute Gasteiger partial charge is 0.481 e. The number of unbranched alkanes of at least 4 members (excludes halogenated alkanes) is 5. The van der Waals surface area contributed by atoms with Crippen LogP contribution in [0.4, 0.5) is 0 Å². The third-order valence-corrected chi connectivity index (χ3v) is 6.52. The third kappa shape index (κ3) is 7.60. The van der Waals surface area contributed by atoms with Crippen molar-refractivity contribution in [2.24, 2.45) is 10.8 Å². The standard InChI is InChI=1S/C26H42O2/c1-21-13-12-15-22(14-8-5-6-10-17-25(2,3)4)23(21)16-9-7-11-18-26(19-20-26)24(27)28/h12-13,15H,5-11,14,16-20H2,1-4H3,(H,27,28). The first-order valence-electron chi connectivity index (χ1n) is 11.5. The van der Waals surface area contributed by atoms with Crippen molar-refractivity contribution in [3.63, 3.8) is 0 Å². The molecule has 1 N–H and O–H groups in total. The van der Waals surface area contributed by atoms with Gasteiger partial charge in [-0.3, -0.25) is 4.79 Å². The molecule has 0 radical (unpaired) electrons. The van der Waals surface area contributed by atoms with Crippen molar-refractivity contribution in [1.82, 2.24) is 0 Å². The van der Waals surface area contributed by atoms with Gasteiger partial charge in [-0.15, -0.1) is 0 Å². The lowest BCUT2D eigenvalue weighted by molar-refractivity contribution is -0.143. The molecule has 28 heavy (non-hydrogen) atoms. The second-order valence-corrected chi connectivity index (χ2v) is 10.3. The Kier molecular flexibility index (Phi) is 8.58.